The van der Waals surface area contributed by atoms with Crippen LogP contribution in [0.5, 0.6) is 0 Å². The molecule has 0 bridgehead atoms. The molecule has 0 aliphatic rings. The number of benzene rings is 2. The molecule has 0 aromatic heterocycles. The van der Waals surface area contributed by atoms with Gasteiger partial charge in [-0.2, -0.15) is 0 Å². The summed E-state index contributed by atoms with van der Waals surface area (Å²) in [7, 11) is 0. The fraction of sp³-hybridized carbons (Fsp3) is 0.143. The molecule has 1 nitrogen and oxygen atoms in total. The second kappa shape index (κ2) is 6.16. The van der Waals surface area contributed by atoms with Crippen LogP contribution in [0.25, 0.3) is 0 Å². The van der Waals surface area contributed by atoms with E-state index in [-0.39, 0.29) is 17.0 Å². The van der Waals surface area contributed by atoms with Gasteiger partial charge in [-0.05, 0) is 42.3 Å². The molecule has 0 heterocycles. The van der Waals surface area contributed by atoms with Crippen molar-refractivity contribution in [1.29, 1.82) is 0 Å². The van der Waals surface area contributed by atoms with Gasteiger partial charge in [0.15, 0.2) is 0 Å². The van der Waals surface area contributed by atoms with E-state index in [0.717, 1.165) is 12.1 Å². The number of rotatable bonds is 3. The zero-order valence-electron chi connectivity index (χ0n) is 10.1. The standard InChI is InChI=1S/C14H10BrClF3N/c15-10-2-1-8(17)3-7(10)4-14(20)9-5-13(19)11(16)6-12(9)18/h1-3,5-6,14H,4,20H2. The second-order valence-corrected chi connectivity index (χ2v) is 5.60. The van der Waals surface area contributed by atoms with E-state index in [2.05, 4.69) is 15.9 Å². The Kier molecular flexibility index (Phi) is 4.73. The third-order valence-corrected chi connectivity index (χ3v) is 3.95. The molecule has 0 spiro atoms. The van der Waals surface area contributed by atoms with Gasteiger partial charge in [0.25, 0.3) is 0 Å². The largest absolute Gasteiger partial charge is 0.324 e. The Bertz CT molecular complexity index is 649. The first kappa shape index (κ1) is 15.4. The third-order valence-electron chi connectivity index (χ3n) is 2.89. The summed E-state index contributed by atoms with van der Waals surface area (Å²) < 4.78 is 41.0. The van der Waals surface area contributed by atoms with Crippen LogP contribution in [0.4, 0.5) is 13.2 Å². The molecule has 2 rings (SSSR count). The van der Waals surface area contributed by atoms with E-state index in [0.29, 0.717) is 10.0 Å². The van der Waals surface area contributed by atoms with Gasteiger partial charge in [-0.25, -0.2) is 13.2 Å². The first-order valence-corrected chi connectivity index (χ1v) is 6.89. The van der Waals surface area contributed by atoms with Crippen molar-refractivity contribution >= 4 is 27.5 Å². The summed E-state index contributed by atoms with van der Waals surface area (Å²) in [5.74, 6) is -1.84. The normalized spacial score (nSPS) is 12.5. The van der Waals surface area contributed by atoms with Crippen molar-refractivity contribution in [3.63, 3.8) is 0 Å². The highest BCUT2D eigenvalue weighted by molar-refractivity contribution is 9.10. The zero-order valence-corrected chi connectivity index (χ0v) is 12.5. The van der Waals surface area contributed by atoms with Crippen LogP contribution in [-0.2, 0) is 6.42 Å². The molecule has 0 aliphatic heterocycles. The average molecular weight is 365 g/mol. The van der Waals surface area contributed by atoms with Crippen molar-refractivity contribution in [3.8, 4) is 0 Å². The Morgan fingerprint density at radius 2 is 1.80 bits per heavy atom. The van der Waals surface area contributed by atoms with Gasteiger partial charge < -0.3 is 5.73 Å². The Labute approximate surface area is 127 Å². The second-order valence-electron chi connectivity index (χ2n) is 4.33. The predicted molar refractivity (Wildman–Crippen MR) is 76.1 cm³/mol. The maximum Gasteiger partial charge on any atom is 0.142 e. The summed E-state index contributed by atoms with van der Waals surface area (Å²) in [6.07, 6.45) is 0.163. The Morgan fingerprint density at radius 1 is 1.10 bits per heavy atom. The minimum Gasteiger partial charge on any atom is -0.324 e. The lowest BCUT2D eigenvalue weighted by Gasteiger charge is -2.15. The van der Waals surface area contributed by atoms with Gasteiger partial charge in [0.1, 0.15) is 17.5 Å². The van der Waals surface area contributed by atoms with E-state index >= 15 is 0 Å². The van der Waals surface area contributed by atoms with Crippen LogP contribution < -0.4 is 5.73 Å². The van der Waals surface area contributed by atoms with E-state index in [4.69, 9.17) is 17.3 Å². The zero-order chi connectivity index (χ0) is 14.9. The van der Waals surface area contributed by atoms with Gasteiger partial charge in [-0.1, -0.05) is 27.5 Å². The fourth-order valence-electron chi connectivity index (χ4n) is 1.87. The molecule has 0 fully saturated rings. The van der Waals surface area contributed by atoms with Crippen molar-refractivity contribution in [3.05, 3.63) is 68.4 Å². The summed E-state index contributed by atoms with van der Waals surface area (Å²) in [5.41, 5.74) is 6.45. The van der Waals surface area contributed by atoms with E-state index < -0.39 is 23.5 Å². The lowest BCUT2D eigenvalue weighted by atomic mass is 9.99. The van der Waals surface area contributed by atoms with Gasteiger partial charge >= 0.3 is 0 Å². The number of hydrogen-bond acceptors (Lipinski definition) is 1. The van der Waals surface area contributed by atoms with E-state index in [1.54, 1.807) is 0 Å². The smallest absolute Gasteiger partial charge is 0.142 e. The van der Waals surface area contributed by atoms with Gasteiger partial charge in [0, 0.05) is 16.1 Å². The van der Waals surface area contributed by atoms with Crippen molar-refractivity contribution in [2.45, 2.75) is 12.5 Å². The summed E-state index contributed by atoms with van der Waals surface area (Å²) in [6.45, 7) is 0. The summed E-state index contributed by atoms with van der Waals surface area (Å²) >= 11 is 8.75. The lowest BCUT2D eigenvalue weighted by molar-refractivity contribution is 0.560. The molecule has 0 amide bonds. The first-order valence-electron chi connectivity index (χ1n) is 5.72. The van der Waals surface area contributed by atoms with Gasteiger partial charge in [0.2, 0.25) is 0 Å². The van der Waals surface area contributed by atoms with Gasteiger partial charge in [-0.3, -0.25) is 0 Å². The summed E-state index contributed by atoms with van der Waals surface area (Å²) in [5, 5.41) is -0.301. The molecule has 20 heavy (non-hydrogen) atoms. The highest BCUT2D eigenvalue weighted by atomic mass is 79.9. The number of halogens is 5. The van der Waals surface area contributed by atoms with Crippen LogP contribution in [0.1, 0.15) is 17.2 Å². The van der Waals surface area contributed by atoms with Gasteiger partial charge in [0.05, 0.1) is 5.02 Å². The molecule has 0 radical (unpaired) electrons. The van der Waals surface area contributed by atoms with E-state index in [9.17, 15) is 13.2 Å². The van der Waals surface area contributed by atoms with Crippen LogP contribution in [-0.4, -0.2) is 0 Å². The Morgan fingerprint density at radius 3 is 2.50 bits per heavy atom. The van der Waals surface area contributed by atoms with Gasteiger partial charge in [-0.15, -0.1) is 0 Å². The van der Waals surface area contributed by atoms with Crippen LogP contribution in [0.3, 0.4) is 0 Å². The average Bonchev–Trinajstić information content (AvgIpc) is 2.38. The topological polar surface area (TPSA) is 26.0 Å². The molecule has 0 aliphatic carbocycles. The summed E-state index contributed by atoms with van der Waals surface area (Å²) in [4.78, 5) is 0. The van der Waals surface area contributed by atoms with E-state index in [1.165, 1.54) is 18.2 Å². The number of nitrogens with two attached hydrogens (primary N) is 1. The molecule has 106 valence electrons. The van der Waals surface area contributed by atoms with E-state index in [1.807, 2.05) is 0 Å². The molecule has 0 saturated carbocycles. The molecule has 2 N–H and O–H groups in total. The molecule has 2 aromatic carbocycles. The van der Waals surface area contributed by atoms with Crippen LogP contribution in [0.2, 0.25) is 5.02 Å². The maximum atomic E-state index is 13.7. The van der Waals surface area contributed by atoms with Crippen LogP contribution >= 0.6 is 27.5 Å². The molecular formula is C14H10BrClF3N. The van der Waals surface area contributed by atoms with Crippen molar-refractivity contribution < 1.29 is 13.2 Å². The van der Waals surface area contributed by atoms with Crippen molar-refractivity contribution in [2.75, 3.05) is 0 Å². The molecular weight excluding hydrogens is 355 g/mol. The molecule has 0 saturated heterocycles. The SMILES string of the molecule is NC(Cc1cc(F)ccc1Br)c1cc(F)c(Cl)cc1F. The monoisotopic (exact) mass is 363 g/mol. The lowest BCUT2D eigenvalue weighted by Crippen LogP contribution is -2.16. The van der Waals surface area contributed by atoms with Crippen molar-refractivity contribution in [2.24, 2.45) is 5.73 Å². The summed E-state index contributed by atoms with van der Waals surface area (Å²) in [6, 6.07) is 5.17. The molecule has 2 aromatic rings. The molecule has 6 heteroatoms. The highest BCUT2D eigenvalue weighted by Crippen LogP contribution is 2.27. The Balaban J connectivity index is 2.30. The molecule has 1 unspecified atom stereocenters. The van der Waals surface area contributed by atoms with Crippen molar-refractivity contribution in [1.82, 2.24) is 0 Å². The maximum absolute atomic E-state index is 13.7. The first-order chi connectivity index (χ1) is 9.38. The minimum atomic E-state index is -0.806. The predicted octanol–water partition coefficient (Wildman–Crippen LogP) is 4.76. The highest BCUT2D eigenvalue weighted by Gasteiger charge is 2.17. The minimum absolute atomic E-state index is 0.00283. The van der Waals surface area contributed by atoms with Crippen LogP contribution in [0.15, 0.2) is 34.8 Å². The third kappa shape index (κ3) is 3.34. The fourth-order valence-corrected chi connectivity index (χ4v) is 2.43. The van der Waals surface area contributed by atoms with Crippen LogP contribution in [0, 0.1) is 17.5 Å². The number of hydrogen-bond donors (Lipinski definition) is 1. The molecule has 1 atom stereocenters. The quantitative estimate of drug-likeness (QED) is 0.781. The Hall–Kier alpha value is -1.04.